The molecule has 20 heavy (non-hydrogen) atoms. The molecule has 0 aliphatic heterocycles. The molecule has 0 spiro atoms. The van der Waals surface area contributed by atoms with Crippen LogP contribution in [-0.4, -0.2) is 32.8 Å². The van der Waals surface area contributed by atoms with Crippen LogP contribution in [0.15, 0.2) is 23.1 Å². The van der Waals surface area contributed by atoms with Crippen molar-refractivity contribution in [2.75, 3.05) is 13.6 Å². The molecule has 0 aliphatic carbocycles. The zero-order valence-corrected chi connectivity index (χ0v) is 13.3. The highest BCUT2D eigenvalue weighted by Gasteiger charge is 2.18. The van der Waals surface area contributed by atoms with Gasteiger partial charge in [-0.1, -0.05) is 25.4 Å². The van der Waals surface area contributed by atoms with Gasteiger partial charge in [-0.15, -0.1) is 0 Å². The van der Waals surface area contributed by atoms with E-state index < -0.39 is 10.0 Å². The molecule has 1 amide bonds. The highest BCUT2D eigenvalue weighted by atomic mass is 35.5. The summed E-state index contributed by atoms with van der Waals surface area (Å²) in [6.45, 7) is 4.70. The first-order valence-corrected chi connectivity index (χ1v) is 8.13. The number of nitrogens with two attached hydrogens (primary N) is 1. The minimum atomic E-state index is -3.86. The molecule has 2 N–H and O–H groups in total. The van der Waals surface area contributed by atoms with Gasteiger partial charge in [-0.05, 0) is 30.5 Å². The average Bonchev–Trinajstić information content (AvgIpc) is 2.34. The third kappa shape index (κ3) is 4.47. The third-order valence-corrected chi connectivity index (χ3v) is 4.13. The maximum Gasteiger partial charge on any atom is 0.255 e. The quantitative estimate of drug-likeness (QED) is 0.902. The summed E-state index contributed by atoms with van der Waals surface area (Å²) in [7, 11) is -2.20. The maximum absolute atomic E-state index is 12.3. The summed E-state index contributed by atoms with van der Waals surface area (Å²) < 4.78 is 22.6. The second-order valence-electron chi connectivity index (χ2n) is 5.10. The molecule has 0 saturated heterocycles. The number of hydrogen-bond acceptors (Lipinski definition) is 3. The zero-order chi connectivity index (χ0) is 15.5. The van der Waals surface area contributed by atoms with Crippen LogP contribution in [0.3, 0.4) is 0 Å². The van der Waals surface area contributed by atoms with Crippen LogP contribution in [-0.2, 0) is 10.0 Å². The van der Waals surface area contributed by atoms with Crippen molar-refractivity contribution in [1.29, 1.82) is 0 Å². The molecule has 7 heteroatoms. The number of benzene rings is 1. The number of rotatable bonds is 5. The van der Waals surface area contributed by atoms with Crippen LogP contribution in [0.5, 0.6) is 0 Å². The number of amides is 1. The minimum Gasteiger partial charge on any atom is -0.342 e. The van der Waals surface area contributed by atoms with Crippen LogP contribution in [0.1, 0.15) is 30.6 Å². The van der Waals surface area contributed by atoms with Gasteiger partial charge in [-0.3, -0.25) is 4.79 Å². The Balaban J connectivity index is 3.03. The smallest absolute Gasteiger partial charge is 0.255 e. The molecule has 0 aliphatic rings. The summed E-state index contributed by atoms with van der Waals surface area (Å²) in [6, 6.07) is 3.86. The van der Waals surface area contributed by atoms with Crippen LogP contribution >= 0.6 is 11.6 Å². The molecule has 1 aromatic carbocycles. The lowest BCUT2D eigenvalue weighted by atomic mass is 10.1. The summed E-state index contributed by atoms with van der Waals surface area (Å²) in [4.78, 5) is 13.7. The molecule has 0 aromatic heterocycles. The van der Waals surface area contributed by atoms with E-state index in [9.17, 15) is 13.2 Å². The van der Waals surface area contributed by atoms with Gasteiger partial charge < -0.3 is 4.90 Å². The molecule has 1 aromatic rings. The molecule has 0 atom stereocenters. The second kappa shape index (κ2) is 6.56. The van der Waals surface area contributed by atoms with Gasteiger partial charge in [0.2, 0.25) is 10.0 Å². The molecule has 0 fully saturated rings. The molecule has 0 bridgehead atoms. The van der Waals surface area contributed by atoms with E-state index in [1.165, 1.54) is 23.1 Å². The lowest BCUT2D eigenvalue weighted by Crippen LogP contribution is -2.29. The average molecular weight is 319 g/mol. The van der Waals surface area contributed by atoms with Crippen LogP contribution in [0.2, 0.25) is 5.02 Å². The van der Waals surface area contributed by atoms with E-state index in [1.54, 1.807) is 7.05 Å². The van der Waals surface area contributed by atoms with E-state index in [0.29, 0.717) is 12.5 Å². The van der Waals surface area contributed by atoms with Crippen LogP contribution in [0.4, 0.5) is 0 Å². The van der Waals surface area contributed by atoms with Gasteiger partial charge in [0.1, 0.15) is 0 Å². The van der Waals surface area contributed by atoms with E-state index >= 15 is 0 Å². The van der Waals surface area contributed by atoms with Crippen molar-refractivity contribution in [2.45, 2.75) is 25.2 Å². The van der Waals surface area contributed by atoms with Crippen LogP contribution in [0.25, 0.3) is 0 Å². The molecular weight excluding hydrogens is 300 g/mol. The molecule has 0 radical (unpaired) electrons. The summed E-state index contributed by atoms with van der Waals surface area (Å²) in [5.41, 5.74) is 0.143. The normalized spacial score (nSPS) is 11.7. The summed E-state index contributed by atoms with van der Waals surface area (Å²) in [6.07, 6.45) is 0.856. The molecular formula is C13H19ClN2O3S. The lowest BCUT2D eigenvalue weighted by Gasteiger charge is -2.19. The Bertz CT molecular complexity index is 600. The molecule has 0 heterocycles. The molecule has 112 valence electrons. The number of primary sulfonamides is 1. The first-order valence-electron chi connectivity index (χ1n) is 6.20. The van der Waals surface area contributed by atoms with Crippen molar-refractivity contribution in [1.82, 2.24) is 4.90 Å². The monoisotopic (exact) mass is 318 g/mol. The van der Waals surface area contributed by atoms with Gasteiger partial charge in [0, 0.05) is 13.6 Å². The predicted octanol–water partition coefficient (Wildman–Crippen LogP) is 2.11. The Kier molecular flexibility index (Phi) is 5.56. The van der Waals surface area contributed by atoms with E-state index in [1.807, 2.05) is 0 Å². The van der Waals surface area contributed by atoms with Crippen LogP contribution < -0.4 is 5.14 Å². The van der Waals surface area contributed by atoms with Gasteiger partial charge in [0.05, 0.1) is 15.5 Å². The lowest BCUT2D eigenvalue weighted by molar-refractivity contribution is 0.0789. The Morgan fingerprint density at radius 1 is 1.40 bits per heavy atom. The largest absolute Gasteiger partial charge is 0.342 e. The molecule has 0 saturated carbocycles. The SMILES string of the molecule is CC(C)CCN(C)C(=O)c1cc(S(N)(=O)=O)ccc1Cl. The molecule has 0 unspecified atom stereocenters. The van der Waals surface area contributed by atoms with Crippen molar-refractivity contribution in [3.63, 3.8) is 0 Å². The van der Waals surface area contributed by atoms with E-state index in [2.05, 4.69) is 13.8 Å². The number of sulfonamides is 1. The van der Waals surface area contributed by atoms with Crippen molar-refractivity contribution >= 4 is 27.5 Å². The van der Waals surface area contributed by atoms with Crippen molar-refractivity contribution in [3.8, 4) is 0 Å². The van der Waals surface area contributed by atoms with E-state index in [0.717, 1.165) is 6.42 Å². The summed E-state index contributed by atoms with van der Waals surface area (Å²) in [5.74, 6) is 0.151. The maximum atomic E-state index is 12.3. The fourth-order valence-corrected chi connectivity index (χ4v) is 2.34. The Morgan fingerprint density at radius 2 is 2.00 bits per heavy atom. The van der Waals surface area contributed by atoms with Gasteiger partial charge >= 0.3 is 0 Å². The van der Waals surface area contributed by atoms with Gasteiger partial charge in [-0.25, -0.2) is 13.6 Å². The standard InChI is InChI=1S/C13H19ClN2O3S/c1-9(2)6-7-16(3)13(17)11-8-10(20(15,18)19)4-5-12(11)14/h4-5,8-9H,6-7H2,1-3H3,(H2,15,18,19). The van der Waals surface area contributed by atoms with Crippen LogP contribution in [0, 0.1) is 5.92 Å². The van der Waals surface area contributed by atoms with Crippen molar-refractivity contribution in [3.05, 3.63) is 28.8 Å². The van der Waals surface area contributed by atoms with Crippen molar-refractivity contribution in [2.24, 2.45) is 11.1 Å². The van der Waals surface area contributed by atoms with Gasteiger partial charge in [-0.2, -0.15) is 0 Å². The topological polar surface area (TPSA) is 80.5 Å². The van der Waals surface area contributed by atoms with Gasteiger partial charge in [0.25, 0.3) is 5.91 Å². The fourth-order valence-electron chi connectivity index (χ4n) is 1.60. The summed E-state index contributed by atoms with van der Waals surface area (Å²) >= 11 is 5.96. The first-order chi connectivity index (χ1) is 9.12. The fraction of sp³-hybridized carbons (Fsp3) is 0.462. The minimum absolute atomic E-state index is 0.123. The number of carbonyl (C=O) groups excluding carboxylic acids is 1. The number of nitrogens with zero attached hydrogens (tertiary/aromatic N) is 1. The first kappa shape index (κ1) is 16.9. The molecule has 5 nitrogen and oxygen atoms in total. The number of halogens is 1. The molecule has 1 rings (SSSR count). The van der Waals surface area contributed by atoms with E-state index in [-0.39, 0.29) is 21.4 Å². The predicted molar refractivity (Wildman–Crippen MR) is 79.2 cm³/mol. The zero-order valence-electron chi connectivity index (χ0n) is 11.8. The number of carbonyl (C=O) groups is 1. The second-order valence-corrected chi connectivity index (χ2v) is 7.06. The Labute approximate surface area is 124 Å². The Morgan fingerprint density at radius 3 is 2.50 bits per heavy atom. The van der Waals surface area contributed by atoms with E-state index in [4.69, 9.17) is 16.7 Å². The highest BCUT2D eigenvalue weighted by molar-refractivity contribution is 7.89. The summed E-state index contributed by atoms with van der Waals surface area (Å²) in [5, 5.41) is 5.26. The van der Waals surface area contributed by atoms with Gasteiger partial charge in [0.15, 0.2) is 0 Å². The Hall–Kier alpha value is -1.11. The van der Waals surface area contributed by atoms with Crippen molar-refractivity contribution < 1.29 is 13.2 Å². The number of hydrogen-bond donors (Lipinski definition) is 1. The third-order valence-electron chi connectivity index (χ3n) is 2.89. The highest BCUT2D eigenvalue weighted by Crippen LogP contribution is 2.21.